The quantitative estimate of drug-likeness (QED) is 0.301. The number of aryl methyl sites for hydroxylation is 1. The van der Waals surface area contributed by atoms with Crippen LogP contribution < -0.4 is 40.8 Å². The molecule has 182 valence electrons. The zero-order chi connectivity index (χ0) is 24.2. The van der Waals surface area contributed by atoms with Gasteiger partial charge in [-0.3, -0.25) is 9.80 Å². The monoisotopic (exact) mass is 470 g/mol. The van der Waals surface area contributed by atoms with Crippen LogP contribution >= 0.6 is 0 Å². The van der Waals surface area contributed by atoms with Gasteiger partial charge in [0, 0.05) is 37.4 Å². The van der Waals surface area contributed by atoms with Crippen molar-refractivity contribution in [3.63, 3.8) is 0 Å². The number of methoxy groups -OCH3 is 3. The Hall–Kier alpha value is -3.63. The van der Waals surface area contributed by atoms with Crippen molar-refractivity contribution < 1.29 is 28.5 Å². The Morgan fingerprint density at radius 3 is 2.44 bits per heavy atom. The molecule has 0 aromatic heterocycles. The van der Waals surface area contributed by atoms with Crippen molar-refractivity contribution in [1.29, 1.82) is 0 Å². The smallest absolute Gasteiger partial charge is 0.269 e. The molecule has 10 heteroatoms. The first-order chi connectivity index (χ1) is 16.4. The van der Waals surface area contributed by atoms with E-state index in [9.17, 15) is 4.79 Å². The molecule has 1 aliphatic heterocycles. The fraction of sp³-hybridized carbons (Fsp3) is 0.375. The number of nitrogens with zero attached hydrogens (tertiary/aromatic N) is 1. The minimum Gasteiger partial charge on any atom is -0.497 e. The summed E-state index contributed by atoms with van der Waals surface area (Å²) in [6.07, 6.45) is 3.06. The molecule has 1 heterocycles. The topological polar surface area (TPSA) is 131 Å². The van der Waals surface area contributed by atoms with Gasteiger partial charge in [-0.1, -0.05) is 0 Å². The highest BCUT2D eigenvalue weighted by Gasteiger charge is 2.33. The molecule has 10 nitrogen and oxygen atoms in total. The number of hydrogen-bond donors (Lipinski definition) is 3. The van der Waals surface area contributed by atoms with Crippen LogP contribution in [0, 0.1) is 5.92 Å². The summed E-state index contributed by atoms with van der Waals surface area (Å²) in [7, 11) is 4.74. The largest absolute Gasteiger partial charge is 0.497 e. The molecule has 2 aromatic carbocycles. The number of hydrogen-bond acceptors (Lipinski definition) is 9. The second kappa shape index (κ2) is 10.1. The van der Waals surface area contributed by atoms with Crippen LogP contribution in [0.3, 0.4) is 0 Å². The van der Waals surface area contributed by atoms with Crippen molar-refractivity contribution in [3.05, 3.63) is 53.4 Å². The molecular weight excluding hydrogens is 440 g/mol. The van der Waals surface area contributed by atoms with Crippen LogP contribution in [0.5, 0.6) is 23.0 Å². The molecule has 0 radical (unpaired) electrons. The van der Waals surface area contributed by atoms with Crippen molar-refractivity contribution in [2.75, 3.05) is 39.7 Å². The fourth-order valence-corrected chi connectivity index (χ4v) is 4.31. The van der Waals surface area contributed by atoms with E-state index in [4.69, 9.17) is 35.3 Å². The highest BCUT2D eigenvalue weighted by atomic mass is 16.7. The number of carbonyl (C=O) groups is 1. The number of amides is 1. The van der Waals surface area contributed by atoms with E-state index < -0.39 is 5.91 Å². The number of hydrazine groups is 1. The van der Waals surface area contributed by atoms with Gasteiger partial charge in [0.25, 0.3) is 5.91 Å². The van der Waals surface area contributed by atoms with E-state index in [2.05, 4.69) is 5.32 Å². The van der Waals surface area contributed by atoms with Gasteiger partial charge in [-0.2, -0.15) is 0 Å². The van der Waals surface area contributed by atoms with Crippen LogP contribution in [-0.2, 0) is 16.0 Å². The van der Waals surface area contributed by atoms with Gasteiger partial charge in [0.05, 0.1) is 32.6 Å². The number of ether oxygens (including phenoxy) is 5. The van der Waals surface area contributed by atoms with E-state index in [0.717, 1.165) is 29.7 Å². The molecule has 1 aliphatic carbocycles. The predicted molar refractivity (Wildman–Crippen MR) is 126 cm³/mol. The number of rotatable bonds is 8. The Morgan fingerprint density at radius 2 is 1.79 bits per heavy atom. The summed E-state index contributed by atoms with van der Waals surface area (Å²) in [5.41, 5.74) is 8.70. The summed E-state index contributed by atoms with van der Waals surface area (Å²) in [6, 6.07) is 8.75. The van der Waals surface area contributed by atoms with Crippen molar-refractivity contribution in [2.45, 2.75) is 18.9 Å². The molecule has 0 saturated heterocycles. The van der Waals surface area contributed by atoms with Gasteiger partial charge in [-0.25, -0.2) is 5.84 Å². The van der Waals surface area contributed by atoms with Gasteiger partial charge in [0.15, 0.2) is 11.5 Å². The number of nitrogens with one attached hydrogen (secondary N) is 1. The highest BCUT2D eigenvalue weighted by molar-refractivity contribution is 5.93. The van der Waals surface area contributed by atoms with Crippen LogP contribution in [-0.4, -0.2) is 40.6 Å². The number of benzene rings is 2. The Labute approximate surface area is 198 Å². The normalized spacial score (nSPS) is 18.8. The SMILES string of the molecule is COCC1CCc2cc3c(cc2C1NC(=O)/C(N)=C/N(N)c1cc(OC)cc(OC)c1)OCO3. The van der Waals surface area contributed by atoms with Crippen LogP contribution in [0.25, 0.3) is 0 Å². The van der Waals surface area contributed by atoms with Crippen LogP contribution in [0.2, 0.25) is 0 Å². The molecule has 2 unspecified atom stereocenters. The van der Waals surface area contributed by atoms with Crippen molar-refractivity contribution in [2.24, 2.45) is 17.5 Å². The third-order valence-electron chi connectivity index (χ3n) is 6.07. The zero-order valence-corrected chi connectivity index (χ0v) is 19.5. The Morgan fingerprint density at radius 1 is 1.12 bits per heavy atom. The average Bonchev–Trinajstić information content (AvgIpc) is 3.31. The molecule has 0 spiro atoms. The molecule has 2 aromatic rings. The van der Waals surface area contributed by atoms with E-state index in [1.54, 1.807) is 39.5 Å². The lowest BCUT2D eigenvalue weighted by Gasteiger charge is -2.34. The van der Waals surface area contributed by atoms with E-state index in [1.807, 2.05) is 12.1 Å². The Bertz CT molecular complexity index is 1070. The molecule has 1 amide bonds. The number of nitrogens with two attached hydrogens (primary N) is 2. The summed E-state index contributed by atoms with van der Waals surface area (Å²) < 4.78 is 27.0. The summed E-state index contributed by atoms with van der Waals surface area (Å²) in [5.74, 6) is 8.30. The first-order valence-electron chi connectivity index (χ1n) is 10.9. The van der Waals surface area contributed by atoms with Crippen molar-refractivity contribution >= 4 is 11.6 Å². The lowest BCUT2D eigenvalue weighted by Crippen LogP contribution is -2.40. The minimum atomic E-state index is -0.443. The lowest BCUT2D eigenvalue weighted by atomic mass is 9.79. The van der Waals surface area contributed by atoms with Gasteiger partial charge in [-0.05, 0) is 36.1 Å². The van der Waals surface area contributed by atoms with E-state index in [-0.39, 0.29) is 24.4 Å². The Kier molecular flexibility index (Phi) is 6.99. The summed E-state index contributed by atoms with van der Waals surface area (Å²) in [5, 5.41) is 4.31. The summed E-state index contributed by atoms with van der Waals surface area (Å²) >= 11 is 0. The summed E-state index contributed by atoms with van der Waals surface area (Å²) in [4.78, 5) is 13.1. The molecule has 0 fully saturated rings. The third-order valence-corrected chi connectivity index (χ3v) is 6.07. The standard InChI is InChI=1S/C24H30N4O6/c1-30-12-15-5-4-14-6-21-22(34-13-33-21)10-19(14)23(15)27-24(29)20(25)11-28(26)16-7-17(31-2)9-18(8-16)32-3/h6-11,15,23H,4-5,12-13,25-26H2,1-3H3,(H,27,29)/b20-11-. The highest BCUT2D eigenvalue weighted by Crippen LogP contribution is 2.42. The number of carbonyl (C=O) groups excluding carboxylic acids is 1. The first-order valence-corrected chi connectivity index (χ1v) is 10.9. The molecule has 0 bridgehead atoms. The van der Waals surface area contributed by atoms with E-state index in [1.165, 1.54) is 11.2 Å². The van der Waals surface area contributed by atoms with E-state index in [0.29, 0.717) is 29.5 Å². The number of anilines is 1. The van der Waals surface area contributed by atoms with Crippen molar-refractivity contribution in [1.82, 2.24) is 5.32 Å². The van der Waals surface area contributed by atoms with Crippen LogP contribution in [0.15, 0.2) is 42.2 Å². The second-order valence-corrected chi connectivity index (χ2v) is 8.17. The molecule has 2 aliphatic rings. The minimum absolute atomic E-state index is 0.0479. The van der Waals surface area contributed by atoms with Gasteiger partial charge >= 0.3 is 0 Å². The maximum atomic E-state index is 13.1. The summed E-state index contributed by atoms with van der Waals surface area (Å²) in [6.45, 7) is 0.683. The third kappa shape index (κ3) is 4.82. The average molecular weight is 471 g/mol. The molecular formula is C24H30N4O6. The lowest BCUT2D eigenvalue weighted by molar-refractivity contribution is -0.119. The van der Waals surface area contributed by atoms with Crippen LogP contribution in [0.1, 0.15) is 23.6 Å². The van der Waals surface area contributed by atoms with Gasteiger partial charge in [0.1, 0.15) is 17.2 Å². The van der Waals surface area contributed by atoms with Gasteiger partial charge in [-0.15, -0.1) is 0 Å². The molecule has 5 N–H and O–H groups in total. The van der Waals surface area contributed by atoms with Crippen molar-refractivity contribution in [3.8, 4) is 23.0 Å². The molecule has 2 atom stereocenters. The second-order valence-electron chi connectivity index (χ2n) is 8.17. The number of fused-ring (bicyclic) bond motifs is 2. The first kappa shape index (κ1) is 23.5. The molecule has 34 heavy (non-hydrogen) atoms. The molecule has 4 rings (SSSR count). The van der Waals surface area contributed by atoms with Gasteiger partial charge in [0.2, 0.25) is 6.79 Å². The predicted octanol–water partition coefficient (Wildman–Crippen LogP) is 1.98. The van der Waals surface area contributed by atoms with Gasteiger partial charge < -0.3 is 34.7 Å². The fourth-order valence-electron chi connectivity index (χ4n) is 4.31. The Balaban J connectivity index is 1.56. The van der Waals surface area contributed by atoms with E-state index >= 15 is 0 Å². The maximum absolute atomic E-state index is 13.1. The van der Waals surface area contributed by atoms with Crippen LogP contribution in [0.4, 0.5) is 5.69 Å². The maximum Gasteiger partial charge on any atom is 0.269 e. The zero-order valence-electron chi connectivity index (χ0n) is 19.5. The molecule has 0 saturated carbocycles.